The Labute approximate surface area is 144 Å². The van der Waals surface area contributed by atoms with Crippen LogP contribution in [0.2, 0.25) is 18.1 Å². The third-order valence-electron chi connectivity index (χ3n) is 5.90. The van der Waals surface area contributed by atoms with Crippen LogP contribution in [0.3, 0.4) is 0 Å². The molecule has 1 rings (SSSR count). The van der Waals surface area contributed by atoms with Crippen LogP contribution in [0.5, 0.6) is 0 Å². The maximum absolute atomic E-state index is 7.22. The van der Waals surface area contributed by atoms with Gasteiger partial charge in [-0.3, -0.25) is 0 Å². The molecule has 130 valence electrons. The molecule has 0 aromatic heterocycles. The first-order valence-corrected chi connectivity index (χ1v) is 13.2. The average molecular weight is 343 g/mol. The van der Waals surface area contributed by atoms with E-state index >= 15 is 0 Å². The molecule has 0 radical (unpaired) electrons. The van der Waals surface area contributed by atoms with Crippen molar-refractivity contribution in [3.63, 3.8) is 0 Å². The second-order valence-corrected chi connectivity index (χ2v) is 12.4. The van der Waals surface area contributed by atoms with Gasteiger partial charge >= 0.3 is 0 Å². The van der Waals surface area contributed by atoms with Crippen LogP contribution in [0.4, 0.5) is 0 Å². The Hall–Kier alpha value is 0.267. The van der Waals surface area contributed by atoms with Crippen LogP contribution in [-0.2, 0) is 4.43 Å². The summed E-state index contributed by atoms with van der Waals surface area (Å²) in [5.41, 5.74) is 0.148. The molecule has 22 heavy (non-hydrogen) atoms. The molecule has 1 aliphatic rings. The van der Waals surface area contributed by atoms with Gasteiger partial charge in [-0.15, -0.1) is 11.8 Å². The Morgan fingerprint density at radius 2 is 1.86 bits per heavy atom. The highest BCUT2D eigenvalue weighted by molar-refractivity contribution is 8.02. The molecule has 3 heteroatoms. The third-order valence-corrected chi connectivity index (χ3v) is 11.6. The topological polar surface area (TPSA) is 9.23 Å². The molecule has 0 aliphatic heterocycles. The third kappa shape index (κ3) is 4.42. The summed E-state index contributed by atoms with van der Waals surface area (Å²) in [5.74, 6) is 0.649. The van der Waals surface area contributed by atoms with E-state index in [4.69, 9.17) is 4.43 Å². The van der Waals surface area contributed by atoms with Crippen LogP contribution < -0.4 is 0 Å². The normalized spacial score (nSPS) is 26.6. The first-order valence-electron chi connectivity index (χ1n) is 9.47. The Morgan fingerprint density at radius 1 is 1.23 bits per heavy atom. The minimum absolute atomic E-state index is 0.148. The highest BCUT2D eigenvalue weighted by Gasteiger charge is 2.49. The fourth-order valence-corrected chi connectivity index (χ4v) is 8.25. The van der Waals surface area contributed by atoms with Crippen LogP contribution in [-0.4, -0.2) is 20.2 Å². The van der Waals surface area contributed by atoms with E-state index < -0.39 is 8.32 Å². The maximum Gasteiger partial charge on any atom is 0.192 e. The van der Waals surface area contributed by atoms with Crippen molar-refractivity contribution in [3.05, 3.63) is 11.0 Å². The Bertz CT molecular complexity index is 343. The first kappa shape index (κ1) is 20.3. The molecule has 1 nitrogen and oxygen atoms in total. The van der Waals surface area contributed by atoms with Crippen LogP contribution in [0, 0.1) is 5.92 Å². The van der Waals surface area contributed by atoms with Crippen molar-refractivity contribution in [1.29, 1.82) is 0 Å². The lowest BCUT2D eigenvalue weighted by Crippen LogP contribution is -2.49. The first-order chi connectivity index (χ1) is 10.6. The molecule has 1 aliphatic carbocycles. The molecular formula is C19H38OSSi. The quantitative estimate of drug-likeness (QED) is 0.395. The maximum atomic E-state index is 7.22. The number of thioether (sulfide) groups is 1. The van der Waals surface area contributed by atoms with Crippen LogP contribution in [0.25, 0.3) is 0 Å². The minimum atomic E-state index is -1.55. The standard InChI is InChI=1S/C19H38OSSi/c1-7-12-15-19(20-22(9-3,10-4)11-5)16-13-14-17(19)18(8-2)21-6/h8,17H,7,9-16H2,1-6H3/b18-8-/t17-,19+/m1/s1. The van der Waals surface area contributed by atoms with Gasteiger partial charge in [-0.05, 0) is 61.9 Å². The summed E-state index contributed by atoms with van der Waals surface area (Å²) in [7, 11) is -1.55. The van der Waals surface area contributed by atoms with Gasteiger partial charge in [0.25, 0.3) is 0 Å². The summed E-state index contributed by atoms with van der Waals surface area (Å²) in [6, 6.07) is 3.81. The predicted molar refractivity (Wildman–Crippen MR) is 105 cm³/mol. The van der Waals surface area contributed by atoms with Crippen molar-refractivity contribution in [2.24, 2.45) is 5.92 Å². The zero-order valence-corrected chi connectivity index (χ0v) is 17.7. The van der Waals surface area contributed by atoms with Gasteiger partial charge in [-0.25, -0.2) is 0 Å². The zero-order valence-electron chi connectivity index (χ0n) is 15.8. The smallest absolute Gasteiger partial charge is 0.192 e. The summed E-state index contributed by atoms with van der Waals surface area (Å²) in [5, 5.41) is 0. The van der Waals surface area contributed by atoms with Crippen LogP contribution in [0.1, 0.15) is 73.1 Å². The average Bonchev–Trinajstić information content (AvgIpc) is 2.96. The van der Waals surface area contributed by atoms with Crippen molar-refractivity contribution in [2.75, 3.05) is 6.26 Å². The van der Waals surface area contributed by atoms with E-state index in [2.05, 4.69) is 47.0 Å². The summed E-state index contributed by atoms with van der Waals surface area (Å²) < 4.78 is 7.22. The summed E-state index contributed by atoms with van der Waals surface area (Å²) >= 11 is 1.95. The molecule has 0 spiro atoms. The zero-order chi connectivity index (χ0) is 16.6. The van der Waals surface area contributed by atoms with Gasteiger partial charge < -0.3 is 4.43 Å². The van der Waals surface area contributed by atoms with Gasteiger partial charge in [-0.2, -0.15) is 0 Å². The van der Waals surface area contributed by atoms with E-state index in [1.54, 1.807) is 4.91 Å². The summed E-state index contributed by atoms with van der Waals surface area (Å²) in [6.45, 7) is 11.6. The van der Waals surface area contributed by atoms with E-state index in [0.717, 1.165) is 0 Å². The van der Waals surface area contributed by atoms with Crippen molar-refractivity contribution >= 4 is 20.1 Å². The van der Waals surface area contributed by atoms with Gasteiger partial charge in [0.05, 0.1) is 5.60 Å². The highest BCUT2D eigenvalue weighted by Crippen LogP contribution is 2.50. The largest absolute Gasteiger partial charge is 0.411 e. The Balaban J connectivity index is 3.13. The van der Waals surface area contributed by atoms with Crippen molar-refractivity contribution in [3.8, 4) is 0 Å². The molecular weight excluding hydrogens is 304 g/mol. The lowest BCUT2D eigenvalue weighted by molar-refractivity contribution is 0.0227. The number of unbranched alkanes of at least 4 members (excludes halogenated alkanes) is 1. The van der Waals surface area contributed by atoms with E-state index in [-0.39, 0.29) is 5.60 Å². The molecule has 0 aromatic carbocycles. The molecule has 0 amide bonds. The molecule has 0 heterocycles. The number of allylic oxidation sites excluding steroid dienone is 1. The van der Waals surface area contributed by atoms with Crippen molar-refractivity contribution in [2.45, 2.75) is 96.9 Å². The molecule has 0 aromatic rings. The second kappa shape index (κ2) is 9.54. The SMILES string of the molecule is C/C=C(\SC)[C@H]1CCC[C@]1(CCCC)O[Si](CC)(CC)CC. The molecule has 0 bridgehead atoms. The molecule has 0 saturated heterocycles. The van der Waals surface area contributed by atoms with Crippen molar-refractivity contribution in [1.82, 2.24) is 0 Å². The lowest BCUT2D eigenvalue weighted by Gasteiger charge is -2.45. The number of hydrogen-bond acceptors (Lipinski definition) is 2. The van der Waals surface area contributed by atoms with Crippen molar-refractivity contribution < 1.29 is 4.43 Å². The van der Waals surface area contributed by atoms with E-state index in [9.17, 15) is 0 Å². The molecule has 0 unspecified atom stereocenters. The van der Waals surface area contributed by atoms with Crippen LogP contribution >= 0.6 is 11.8 Å². The number of hydrogen-bond donors (Lipinski definition) is 0. The summed E-state index contributed by atoms with van der Waals surface area (Å²) in [4.78, 5) is 1.57. The fraction of sp³-hybridized carbons (Fsp3) is 0.895. The van der Waals surface area contributed by atoms with E-state index in [0.29, 0.717) is 5.92 Å². The van der Waals surface area contributed by atoms with Gasteiger partial charge in [-0.1, -0.05) is 46.6 Å². The Kier molecular flexibility index (Phi) is 8.80. The molecule has 1 saturated carbocycles. The van der Waals surface area contributed by atoms with Gasteiger partial charge in [0.15, 0.2) is 8.32 Å². The van der Waals surface area contributed by atoms with E-state index in [1.165, 1.54) is 56.7 Å². The van der Waals surface area contributed by atoms with E-state index in [1.807, 2.05) is 11.8 Å². The van der Waals surface area contributed by atoms with Gasteiger partial charge in [0, 0.05) is 5.92 Å². The predicted octanol–water partition coefficient (Wildman–Crippen LogP) is 7.00. The number of rotatable bonds is 10. The molecule has 1 fully saturated rings. The Morgan fingerprint density at radius 3 is 2.32 bits per heavy atom. The molecule has 0 N–H and O–H groups in total. The van der Waals surface area contributed by atoms with Gasteiger partial charge in [0.1, 0.15) is 0 Å². The van der Waals surface area contributed by atoms with Gasteiger partial charge in [0.2, 0.25) is 0 Å². The monoisotopic (exact) mass is 342 g/mol. The molecule has 2 atom stereocenters. The fourth-order valence-electron chi connectivity index (χ4n) is 4.25. The highest BCUT2D eigenvalue weighted by atomic mass is 32.2. The van der Waals surface area contributed by atoms with Crippen LogP contribution in [0.15, 0.2) is 11.0 Å². The summed E-state index contributed by atoms with van der Waals surface area (Å²) in [6.07, 6.45) is 12.4. The minimum Gasteiger partial charge on any atom is -0.411 e. The lowest BCUT2D eigenvalue weighted by atomic mass is 9.85. The second-order valence-electron chi connectivity index (χ2n) is 6.85.